The van der Waals surface area contributed by atoms with Crippen LogP contribution in [0.15, 0.2) is 0 Å². The van der Waals surface area contributed by atoms with E-state index in [4.69, 9.17) is 0 Å². The van der Waals surface area contributed by atoms with Gasteiger partial charge in [0.25, 0.3) is 0 Å². The molecule has 0 aromatic carbocycles. The zero-order valence-electron chi connectivity index (χ0n) is 7.87. The molecule has 12 heavy (non-hydrogen) atoms. The number of nitrogens with zero attached hydrogens (tertiary/aromatic N) is 1. The molecular formula is C10H19NO. The molecule has 2 unspecified atom stereocenters. The number of hydrogen-bond donors (Lipinski definition) is 1. The van der Waals surface area contributed by atoms with E-state index in [9.17, 15) is 5.11 Å². The summed E-state index contributed by atoms with van der Waals surface area (Å²) < 4.78 is 0. The van der Waals surface area contributed by atoms with Crippen LogP contribution in [0.2, 0.25) is 0 Å². The summed E-state index contributed by atoms with van der Waals surface area (Å²) in [5.74, 6) is 0. The zero-order valence-corrected chi connectivity index (χ0v) is 7.87. The second kappa shape index (κ2) is 3.35. The number of aliphatic hydroxyl groups is 1. The summed E-state index contributed by atoms with van der Waals surface area (Å²) in [5.41, 5.74) is 0. The highest BCUT2D eigenvalue weighted by molar-refractivity contribution is 4.88. The number of fused-ring (bicyclic) bond motifs is 2. The van der Waals surface area contributed by atoms with Gasteiger partial charge in [-0.1, -0.05) is 12.8 Å². The number of hydrogen-bond acceptors (Lipinski definition) is 2. The molecular weight excluding hydrogens is 150 g/mol. The fourth-order valence-electron chi connectivity index (χ4n) is 2.76. The summed E-state index contributed by atoms with van der Waals surface area (Å²) in [6, 6.07) is 1.34. The minimum Gasteiger partial charge on any atom is -0.393 e. The molecule has 2 heteroatoms. The van der Waals surface area contributed by atoms with E-state index in [2.05, 4.69) is 11.9 Å². The maximum absolute atomic E-state index is 9.63. The van der Waals surface area contributed by atoms with E-state index < -0.39 is 0 Å². The molecule has 0 aliphatic carbocycles. The average Bonchev–Trinajstić information content (AvgIpc) is 2.19. The van der Waals surface area contributed by atoms with Gasteiger partial charge < -0.3 is 10.0 Å². The van der Waals surface area contributed by atoms with Crippen molar-refractivity contribution < 1.29 is 5.11 Å². The first-order valence-electron chi connectivity index (χ1n) is 5.17. The quantitative estimate of drug-likeness (QED) is 0.592. The Morgan fingerprint density at radius 3 is 2.08 bits per heavy atom. The largest absolute Gasteiger partial charge is 0.393 e. The van der Waals surface area contributed by atoms with Crippen molar-refractivity contribution >= 4 is 0 Å². The third kappa shape index (κ3) is 1.50. The molecule has 2 aliphatic heterocycles. The van der Waals surface area contributed by atoms with Gasteiger partial charge in [-0.05, 0) is 32.7 Å². The highest BCUT2D eigenvalue weighted by atomic mass is 16.3. The van der Waals surface area contributed by atoms with Gasteiger partial charge in [0.05, 0.1) is 6.10 Å². The molecule has 2 rings (SSSR count). The van der Waals surface area contributed by atoms with E-state index in [-0.39, 0.29) is 6.10 Å². The number of rotatable bonds is 0. The summed E-state index contributed by atoms with van der Waals surface area (Å²) in [5, 5.41) is 9.63. The first-order chi connectivity index (χ1) is 5.77. The highest BCUT2D eigenvalue weighted by Gasteiger charge is 2.33. The Bertz CT molecular complexity index is 144. The van der Waals surface area contributed by atoms with Crippen molar-refractivity contribution in [3.8, 4) is 0 Å². The van der Waals surface area contributed by atoms with E-state index in [0.717, 1.165) is 12.8 Å². The predicted molar refractivity (Wildman–Crippen MR) is 49.0 cm³/mol. The lowest BCUT2D eigenvalue weighted by Crippen LogP contribution is -2.47. The Labute approximate surface area is 74.6 Å². The summed E-state index contributed by atoms with van der Waals surface area (Å²) in [6.45, 7) is 0. The molecule has 1 N–H and O–H groups in total. The van der Waals surface area contributed by atoms with Crippen molar-refractivity contribution in [3.05, 3.63) is 0 Å². The Hall–Kier alpha value is -0.0800. The topological polar surface area (TPSA) is 23.5 Å². The van der Waals surface area contributed by atoms with Gasteiger partial charge in [0, 0.05) is 12.1 Å². The minimum absolute atomic E-state index is 0.0192. The third-order valence-corrected chi connectivity index (χ3v) is 3.56. The van der Waals surface area contributed by atoms with Crippen molar-refractivity contribution in [2.75, 3.05) is 7.05 Å². The minimum atomic E-state index is -0.0192. The first kappa shape index (κ1) is 8.52. The third-order valence-electron chi connectivity index (χ3n) is 3.56. The van der Waals surface area contributed by atoms with E-state index in [1.54, 1.807) is 0 Å². The van der Waals surface area contributed by atoms with Crippen LogP contribution >= 0.6 is 0 Å². The predicted octanol–water partition coefficient (Wildman–Crippen LogP) is 1.38. The summed E-state index contributed by atoms with van der Waals surface area (Å²) in [4.78, 5) is 2.50. The fraction of sp³-hybridized carbons (Fsp3) is 1.00. The Kier molecular flexibility index (Phi) is 2.37. The maximum Gasteiger partial charge on any atom is 0.0570 e. The van der Waals surface area contributed by atoms with Gasteiger partial charge >= 0.3 is 0 Å². The lowest BCUT2D eigenvalue weighted by atomic mass is 9.93. The second-order valence-corrected chi connectivity index (χ2v) is 4.38. The van der Waals surface area contributed by atoms with Crippen molar-refractivity contribution in [2.45, 2.75) is 56.7 Å². The Morgan fingerprint density at radius 2 is 1.58 bits per heavy atom. The molecule has 2 bridgehead atoms. The molecule has 0 aromatic rings. The molecule has 70 valence electrons. The molecule has 2 atom stereocenters. The molecule has 0 aromatic heterocycles. The molecule has 0 saturated carbocycles. The van der Waals surface area contributed by atoms with Crippen LogP contribution < -0.4 is 0 Å². The van der Waals surface area contributed by atoms with Crippen LogP contribution in [0.5, 0.6) is 0 Å². The van der Waals surface area contributed by atoms with Crippen LogP contribution in [0, 0.1) is 0 Å². The SMILES string of the molecule is CN1C2CCCCC1CC(O)C2. The second-order valence-electron chi connectivity index (χ2n) is 4.38. The summed E-state index contributed by atoms with van der Waals surface area (Å²) in [6.07, 6.45) is 7.30. The van der Waals surface area contributed by atoms with Crippen molar-refractivity contribution in [3.63, 3.8) is 0 Å². The van der Waals surface area contributed by atoms with Crippen molar-refractivity contribution in [1.29, 1.82) is 0 Å². The normalized spacial score (nSPS) is 44.0. The Balaban J connectivity index is 2.08. The molecule has 2 saturated heterocycles. The van der Waals surface area contributed by atoms with E-state index >= 15 is 0 Å². The van der Waals surface area contributed by atoms with Crippen molar-refractivity contribution in [2.24, 2.45) is 0 Å². The van der Waals surface area contributed by atoms with Crippen LogP contribution in [-0.4, -0.2) is 35.2 Å². The van der Waals surface area contributed by atoms with Gasteiger partial charge in [-0.15, -0.1) is 0 Å². The number of piperidine rings is 1. The van der Waals surface area contributed by atoms with E-state index in [1.807, 2.05) is 0 Å². The molecule has 2 nitrogen and oxygen atoms in total. The van der Waals surface area contributed by atoms with Crippen LogP contribution in [0.4, 0.5) is 0 Å². The van der Waals surface area contributed by atoms with E-state index in [1.165, 1.54) is 25.7 Å². The van der Waals surface area contributed by atoms with Gasteiger partial charge in [0.2, 0.25) is 0 Å². The highest BCUT2D eigenvalue weighted by Crippen LogP contribution is 2.31. The fourth-order valence-corrected chi connectivity index (χ4v) is 2.76. The Morgan fingerprint density at radius 1 is 1.08 bits per heavy atom. The lowest BCUT2D eigenvalue weighted by Gasteiger charge is -2.40. The van der Waals surface area contributed by atoms with Crippen LogP contribution in [-0.2, 0) is 0 Å². The molecule has 2 aliphatic rings. The molecule has 2 fully saturated rings. The molecule has 0 spiro atoms. The lowest BCUT2D eigenvalue weighted by molar-refractivity contribution is 0.0185. The smallest absolute Gasteiger partial charge is 0.0570 e. The first-order valence-corrected chi connectivity index (χ1v) is 5.17. The van der Waals surface area contributed by atoms with Gasteiger partial charge in [-0.2, -0.15) is 0 Å². The molecule has 0 radical (unpaired) electrons. The summed E-state index contributed by atoms with van der Waals surface area (Å²) in [7, 11) is 2.23. The molecule has 0 amide bonds. The molecule has 2 heterocycles. The van der Waals surface area contributed by atoms with Crippen LogP contribution in [0.25, 0.3) is 0 Å². The maximum atomic E-state index is 9.63. The van der Waals surface area contributed by atoms with Crippen LogP contribution in [0.1, 0.15) is 38.5 Å². The average molecular weight is 169 g/mol. The standard InChI is InChI=1S/C10H19NO/c1-11-8-4-2-3-5-9(11)7-10(12)6-8/h8-10,12H,2-7H2,1H3. The monoisotopic (exact) mass is 169 g/mol. The van der Waals surface area contributed by atoms with E-state index in [0.29, 0.717) is 12.1 Å². The van der Waals surface area contributed by atoms with Gasteiger partial charge in [-0.25, -0.2) is 0 Å². The van der Waals surface area contributed by atoms with Gasteiger partial charge in [0.1, 0.15) is 0 Å². The zero-order chi connectivity index (χ0) is 8.55. The van der Waals surface area contributed by atoms with Crippen molar-refractivity contribution in [1.82, 2.24) is 4.90 Å². The van der Waals surface area contributed by atoms with Gasteiger partial charge in [0.15, 0.2) is 0 Å². The summed E-state index contributed by atoms with van der Waals surface area (Å²) >= 11 is 0. The van der Waals surface area contributed by atoms with Gasteiger partial charge in [-0.3, -0.25) is 0 Å². The van der Waals surface area contributed by atoms with Crippen LogP contribution in [0.3, 0.4) is 0 Å². The number of aliphatic hydroxyl groups excluding tert-OH is 1.